The van der Waals surface area contributed by atoms with E-state index in [0.29, 0.717) is 10.7 Å². The van der Waals surface area contributed by atoms with Crippen LogP contribution < -0.4 is 10.6 Å². The van der Waals surface area contributed by atoms with Crippen LogP contribution in [0.15, 0.2) is 24.3 Å². The maximum Gasteiger partial charge on any atom is 0.323 e. The van der Waals surface area contributed by atoms with E-state index in [0.717, 1.165) is 0 Å². The summed E-state index contributed by atoms with van der Waals surface area (Å²) in [5.41, 5.74) is 0.505. The molecule has 1 aromatic carbocycles. The van der Waals surface area contributed by atoms with Gasteiger partial charge >= 0.3 is 12.0 Å². The molecule has 80 valence electrons. The van der Waals surface area contributed by atoms with Crippen LogP contribution in [0.3, 0.4) is 0 Å². The molecule has 0 spiro atoms. The predicted molar refractivity (Wildman–Crippen MR) is 56.1 cm³/mol. The molecule has 0 bridgehead atoms. The molecule has 5 nitrogen and oxygen atoms in total. The number of urea groups is 1. The Morgan fingerprint density at radius 1 is 1.40 bits per heavy atom. The van der Waals surface area contributed by atoms with Crippen molar-refractivity contribution in [1.29, 1.82) is 0 Å². The van der Waals surface area contributed by atoms with Gasteiger partial charge in [-0.25, -0.2) is 4.79 Å². The molecule has 0 aromatic heterocycles. The van der Waals surface area contributed by atoms with E-state index in [2.05, 4.69) is 10.6 Å². The highest BCUT2D eigenvalue weighted by molar-refractivity contribution is 6.30. The zero-order chi connectivity index (χ0) is 11.3. The standard InChI is InChI=1S/C9H9ClN2O3/c10-6-2-1-3-7(4-6)12-9(15)11-5-8(13)14/h1-4H,5H2,(H,13,14)(H2,11,12,15). The van der Waals surface area contributed by atoms with Crippen molar-refractivity contribution < 1.29 is 14.7 Å². The molecule has 1 rings (SSSR count). The summed E-state index contributed by atoms with van der Waals surface area (Å²) >= 11 is 5.69. The summed E-state index contributed by atoms with van der Waals surface area (Å²) in [7, 11) is 0. The number of aliphatic carboxylic acids is 1. The number of carbonyl (C=O) groups excluding carboxylic acids is 1. The molecule has 6 heteroatoms. The number of amides is 2. The highest BCUT2D eigenvalue weighted by atomic mass is 35.5. The number of carbonyl (C=O) groups is 2. The Bertz CT molecular complexity index is 381. The van der Waals surface area contributed by atoms with Crippen LogP contribution >= 0.6 is 11.6 Å². The molecule has 0 aliphatic carbocycles. The lowest BCUT2D eigenvalue weighted by Gasteiger charge is -2.05. The van der Waals surface area contributed by atoms with Crippen LogP contribution in [-0.4, -0.2) is 23.7 Å². The summed E-state index contributed by atoms with van der Waals surface area (Å²) in [6, 6.07) is 5.96. The van der Waals surface area contributed by atoms with Crippen molar-refractivity contribution in [2.24, 2.45) is 0 Å². The topological polar surface area (TPSA) is 78.4 Å². The molecule has 0 radical (unpaired) electrons. The maximum absolute atomic E-state index is 11.1. The van der Waals surface area contributed by atoms with Gasteiger partial charge in [-0.05, 0) is 18.2 Å². The number of nitrogens with one attached hydrogen (secondary N) is 2. The first-order valence-corrected chi connectivity index (χ1v) is 4.48. The van der Waals surface area contributed by atoms with E-state index < -0.39 is 18.5 Å². The summed E-state index contributed by atoms with van der Waals surface area (Å²) in [6.45, 7) is -0.424. The van der Waals surface area contributed by atoms with Gasteiger partial charge in [0.1, 0.15) is 6.54 Å². The summed E-state index contributed by atoms with van der Waals surface area (Å²) < 4.78 is 0. The molecule has 0 saturated carbocycles. The third-order valence-electron chi connectivity index (χ3n) is 1.48. The van der Waals surface area contributed by atoms with Crippen molar-refractivity contribution in [1.82, 2.24) is 5.32 Å². The van der Waals surface area contributed by atoms with Crippen LogP contribution in [0.25, 0.3) is 0 Å². The Morgan fingerprint density at radius 3 is 2.73 bits per heavy atom. The predicted octanol–water partition coefficient (Wildman–Crippen LogP) is 1.55. The van der Waals surface area contributed by atoms with Gasteiger partial charge in [-0.1, -0.05) is 17.7 Å². The lowest BCUT2D eigenvalue weighted by atomic mass is 10.3. The number of halogens is 1. The second-order valence-corrected chi connectivity index (χ2v) is 3.15. The molecule has 1 aromatic rings. The molecule has 15 heavy (non-hydrogen) atoms. The first kappa shape index (κ1) is 11.3. The number of carboxylic acids is 1. The summed E-state index contributed by atoms with van der Waals surface area (Å²) in [5, 5.41) is 13.4. The van der Waals surface area contributed by atoms with Crippen LogP contribution in [-0.2, 0) is 4.79 Å². The fourth-order valence-corrected chi connectivity index (χ4v) is 1.09. The molecular formula is C9H9ClN2O3. The highest BCUT2D eigenvalue weighted by Crippen LogP contribution is 2.14. The SMILES string of the molecule is O=C(O)CNC(=O)Nc1cccc(Cl)c1. The highest BCUT2D eigenvalue weighted by Gasteiger charge is 2.03. The van der Waals surface area contributed by atoms with E-state index in [1.807, 2.05) is 0 Å². The van der Waals surface area contributed by atoms with Gasteiger partial charge < -0.3 is 15.7 Å². The van der Waals surface area contributed by atoms with Crippen LogP contribution in [0.4, 0.5) is 10.5 Å². The number of rotatable bonds is 3. The molecule has 0 fully saturated rings. The van der Waals surface area contributed by atoms with Gasteiger partial charge in [0.2, 0.25) is 0 Å². The molecule has 0 aliphatic rings. The van der Waals surface area contributed by atoms with Crippen LogP contribution in [0.1, 0.15) is 0 Å². The van der Waals surface area contributed by atoms with Gasteiger partial charge in [0.15, 0.2) is 0 Å². The zero-order valence-corrected chi connectivity index (χ0v) is 8.41. The van der Waals surface area contributed by atoms with E-state index in [1.165, 1.54) is 0 Å². The molecule has 0 unspecified atom stereocenters. The quantitative estimate of drug-likeness (QED) is 0.734. The van der Waals surface area contributed by atoms with Gasteiger partial charge in [-0.3, -0.25) is 4.79 Å². The normalized spacial score (nSPS) is 9.40. The Balaban J connectivity index is 2.48. The second kappa shape index (κ2) is 5.21. The van der Waals surface area contributed by atoms with E-state index >= 15 is 0 Å². The second-order valence-electron chi connectivity index (χ2n) is 2.71. The first-order valence-electron chi connectivity index (χ1n) is 4.10. The summed E-state index contributed by atoms with van der Waals surface area (Å²) in [5.74, 6) is -1.10. The number of anilines is 1. The number of hydrogen-bond acceptors (Lipinski definition) is 2. The van der Waals surface area contributed by atoms with Crippen LogP contribution in [0, 0.1) is 0 Å². The van der Waals surface area contributed by atoms with Crippen molar-refractivity contribution in [2.45, 2.75) is 0 Å². The Labute approximate surface area is 91.0 Å². The number of benzene rings is 1. The lowest BCUT2D eigenvalue weighted by Crippen LogP contribution is -2.33. The van der Waals surface area contributed by atoms with Crippen molar-refractivity contribution >= 4 is 29.3 Å². The first-order chi connectivity index (χ1) is 7.08. The lowest BCUT2D eigenvalue weighted by molar-refractivity contribution is -0.135. The Morgan fingerprint density at radius 2 is 2.13 bits per heavy atom. The van der Waals surface area contributed by atoms with E-state index in [4.69, 9.17) is 16.7 Å². The number of hydrogen-bond donors (Lipinski definition) is 3. The monoisotopic (exact) mass is 228 g/mol. The van der Waals surface area contributed by atoms with Gasteiger partial charge in [0, 0.05) is 10.7 Å². The van der Waals surface area contributed by atoms with Crippen molar-refractivity contribution in [3.05, 3.63) is 29.3 Å². The average Bonchev–Trinajstić information content (AvgIpc) is 2.15. The van der Waals surface area contributed by atoms with Crippen LogP contribution in [0.2, 0.25) is 5.02 Å². The summed E-state index contributed by atoms with van der Waals surface area (Å²) in [6.07, 6.45) is 0. The molecule has 3 N–H and O–H groups in total. The zero-order valence-electron chi connectivity index (χ0n) is 7.66. The minimum Gasteiger partial charge on any atom is -0.480 e. The molecule has 0 aliphatic heterocycles. The molecule has 0 saturated heterocycles. The van der Waals surface area contributed by atoms with Crippen LogP contribution in [0.5, 0.6) is 0 Å². The van der Waals surface area contributed by atoms with Gasteiger partial charge in [-0.2, -0.15) is 0 Å². The molecule has 0 heterocycles. The fraction of sp³-hybridized carbons (Fsp3) is 0.111. The third-order valence-corrected chi connectivity index (χ3v) is 1.72. The van der Waals surface area contributed by atoms with Gasteiger partial charge in [0.05, 0.1) is 0 Å². The Hall–Kier alpha value is -1.75. The maximum atomic E-state index is 11.1. The van der Waals surface area contributed by atoms with Crippen molar-refractivity contribution in [3.8, 4) is 0 Å². The Kier molecular flexibility index (Phi) is 3.93. The summed E-state index contributed by atoms with van der Waals surface area (Å²) in [4.78, 5) is 21.2. The van der Waals surface area contributed by atoms with Gasteiger partial charge in [-0.15, -0.1) is 0 Å². The van der Waals surface area contributed by atoms with Crippen molar-refractivity contribution in [3.63, 3.8) is 0 Å². The smallest absolute Gasteiger partial charge is 0.323 e. The molecular weight excluding hydrogens is 220 g/mol. The minimum atomic E-state index is -1.10. The van der Waals surface area contributed by atoms with E-state index in [9.17, 15) is 9.59 Å². The molecule has 0 atom stereocenters. The fourth-order valence-electron chi connectivity index (χ4n) is 0.897. The van der Waals surface area contributed by atoms with Gasteiger partial charge in [0.25, 0.3) is 0 Å². The third kappa shape index (κ3) is 4.33. The average molecular weight is 229 g/mol. The largest absolute Gasteiger partial charge is 0.480 e. The molecule has 2 amide bonds. The number of carboxylic acid groups (broad SMARTS) is 1. The van der Waals surface area contributed by atoms with E-state index in [-0.39, 0.29) is 0 Å². The van der Waals surface area contributed by atoms with Crippen molar-refractivity contribution in [2.75, 3.05) is 11.9 Å². The minimum absolute atomic E-state index is 0.424. The van der Waals surface area contributed by atoms with E-state index in [1.54, 1.807) is 24.3 Å².